The fraction of sp³-hybridized carbons (Fsp3) is 0.208. The van der Waals surface area contributed by atoms with Crippen molar-refractivity contribution in [2.24, 2.45) is 0 Å². The molecule has 3 aromatic rings. The molecule has 0 spiro atoms. The molecule has 0 saturated heterocycles. The molecule has 1 amide bonds. The molecule has 0 radical (unpaired) electrons. The number of carbonyl (C=O) groups is 1. The van der Waals surface area contributed by atoms with Gasteiger partial charge in [0.25, 0.3) is 15.9 Å². The van der Waals surface area contributed by atoms with Crippen LogP contribution in [0, 0.1) is 6.92 Å². The number of rotatable bonds is 9. The van der Waals surface area contributed by atoms with Crippen molar-refractivity contribution >= 4 is 27.3 Å². The third-order valence-corrected chi connectivity index (χ3v) is 6.17. The quantitative estimate of drug-likeness (QED) is 0.485. The summed E-state index contributed by atoms with van der Waals surface area (Å²) < 4.78 is 44.1. The lowest BCUT2D eigenvalue weighted by molar-refractivity contribution is -0.122. The Morgan fingerprint density at radius 3 is 2.12 bits per heavy atom. The van der Waals surface area contributed by atoms with Crippen LogP contribution in [0.2, 0.25) is 0 Å². The van der Waals surface area contributed by atoms with E-state index in [9.17, 15) is 13.2 Å². The molecule has 33 heavy (non-hydrogen) atoms. The van der Waals surface area contributed by atoms with Crippen LogP contribution in [0.3, 0.4) is 0 Å². The highest BCUT2D eigenvalue weighted by atomic mass is 32.2. The van der Waals surface area contributed by atoms with Gasteiger partial charge in [0, 0.05) is 11.8 Å². The summed E-state index contributed by atoms with van der Waals surface area (Å²) >= 11 is 0. The molecule has 3 aromatic carbocycles. The average molecular weight is 471 g/mol. The minimum atomic E-state index is -3.88. The van der Waals surface area contributed by atoms with Crippen molar-refractivity contribution in [2.75, 3.05) is 24.3 Å². The van der Waals surface area contributed by atoms with E-state index in [1.165, 1.54) is 38.5 Å². The van der Waals surface area contributed by atoms with Gasteiger partial charge < -0.3 is 19.5 Å². The first-order valence-corrected chi connectivity index (χ1v) is 11.6. The Bertz CT molecular complexity index is 1210. The van der Waals surface area contributed by atoms with Crippen LogP contribution in [-0.2, 0) is 14.8 Å². The van der Waals surface area contributed by atoms with Crippen molar-refractivity contribution in [3.05, 3.63) is 72.3 Å². The smallest absolute Gasteiger partial charge is 0.265 e. The van der Waals surface area contributed by atoms with E-state index in [1.54, 1.807) is 37.3 Å². The molecule has 1 atom stereocenters. The maximum atomic E-state index is 12.8. The number of nitrogens with one attached hydrogen (secondary N) is 2. The fourth-order valence-electron chi connectivity index (χ4n) is 2.92. The lowest BCUT2D eigenvalue weighted by atomic mass is 10.2. The number of hydrogen-bond donors (Lipinski definition) is 2. The largest absolute Gasteiger partial charge is 0.497 e. The predicted molar refractivity (Wildman–Crippen MR) is 127 cm³/mol. The number of carbonyl (C=O) groups excluding carboxylic acids is 1. The zero-order chi connectivity index (χ0) is 24.0. The maximum Gasteiger partial charge on any atom is 0.265 e. The number of sulfonamides is 1. The van der Waals surface area contributed by atoms with Crippen molar-refractivity contribution in [2.45, 2.75) is 24.8 Å². The Morgan fingerprint density at radius 2 is 1.52 bits per heavy atom. The second-order valence-corrected chi connectivity index (χ2v) is 8.94. The zero-order valence-corrected chi connectivity index (χ0v) is 19.6. The monoisotopic (exact) mass is 470 g/mol. The predicted octanol–water partition coefficient (Wildman–Crippen LogP) is 4.22. The highest BCUT2D eigenvalue weighted by molar-refractivity contribution is 7.92. The van der Waals surface area contributed by atoms with E-state index in [-0.39, 0.29) is 16.5 Å². The number of aryl methyl sites for hydroxylation is 1. The summed E-state index contributed by atoms with van der Waals surface area (Å²) in [6.07, 6.45) is -0.736. The number of hydrogen-bond acceptors (Lipinski definition) is 6. The summed E-state index contributed by atoms with van der Waals surface area (Å²) in [5.74, 6) is 1.09. The molecule has 0 heterocycles. The molecule has 174 valence electrons. The molecule has 0 unspecified atom stereocenters. The van der Waals surface area contributed by atoms with Gasteiger partial charge in [-0.1, -0.05) is 17.7 Å². The van der Waals surface area contributed by atoms with Crippen molar-refractivity contribution in [3.8, 4) is 17.2 Å². The van der Waals surface area contributed by atoms with Crippen LogP contribution >= 0.6 is 0 Å². The fourth-order valence-corrected chi connectivity index (χ4v) is 3.99. The third kappa shape index (κ3) is 6.17. The van der Waals surface area contributed by atoms with E-state index >= 15 is 0 Å². The Balaban J connectivity index is 1.66. The van der Waals surface area contributed by atoms with Crippen molar-refractivity contribution in [3.63, 3.8) is 0 Å². The summed E-state index contributed by atoms with van der Waals surface area (Å²) in [5, 5.41) is 2.72. The van der Waals surface area contributed by atoms with Gasteiger partial charge in [0.05, 0.1) is 24.8 Å². The first-order chi connectivity index (χ1) is 15.7. The van der Waals surface area contributed by atoms with E-state index in [0.717, 1.165) is 5.56 Å². The number of methoxy groups -OCH3 is 2. The van der Waals surface area contributed by atoms with Crippen LogP contribution in [0.4, 0.5) is 11.4 Å². The van der Waals surface area contributed by atoms with Crippen LogP contribution in [0.5, 0.6) is 17.2 Å². The molecule has 8 nitrogen and oxygen atoms in total. The molecule has 0 aliphatic heterocycles. The normalized spacial score (nSPS) is 11.9. The van der Waals surface area contributed by atoms with Crippen LogP contribution in [0.25, 0.3) is 0 Å². The van der Waals surface area contributed by atoms with E-state index < -0.39 is 16.1 Å². The molecule has 3 rings (SSSR count). The molecule has 0 aromatic heterocycles. The second-order valence-electron chi connectivity index (χ2n) is 7.26. The summed E-state index contributed by atoms with van der Waals surface area (Å²) in [6, 6.07) is 18.0. The Kier molecular flexibility index (Phi) is 7.44. The molecular weight excluding hydrogens is 444 g/mol. The highest BCUT2D eigenvalue weighted by Gasteiger charge is 2.18. The van der Waals surface area contributed by atoms with Gasteiger partial charge >= 0.3 is 0 Å². The average Bonchev–Trinajstić information content (AvgIpc) is 2.81. The SMILES string of the molecule is COc1ccc(NS(=O)(=O)c2ccc(NC(=O)[C@@H](C)Oc3ccc(C)cc3)cc2)c(OC)c1. The number of benzene rings is 3. The van der Waals surface area contributed by atoms with Gasteiger partial charge in [-0.05, 0) is 62.4 Å². The molecule has 0 fully saturated rings. The lowest BCUT2D eigenvalue weighted by Gasteiger charge is -2.15. The number of ether oxygens (including phenoxy) is 3. The standard InChI is InChI=1S/C24H26N2O6S/c1-16-5-9-19(10-6-16)32-17(2)24(27)25-18-7-12-21(13-8-18)33(28,29)26-22-14-11-20(30-3)15-23(22)31-4/h5-15,17,26H,1-4H3,(H,25,27)/t17-/m1/s1. The van der Waals surface area contributed by atoms with Gasteiger partial charge in [0.15, 0.2) is 6.10 Å². The van der Waals surface area contributed by atoms with Gasteiger partial charge in [-0.15, -0.1) is 0 Å². The highest BCUT2D eigenvalue weighted by Crippen LogP contribution is 2.31. The molecule has 2 N–H and O–H groups in total. The lowest BCUT2D eigenvalue weighted by Crippen LogP contribution is -2.30. The van der Waals surface area contributed by atoms with Crippen molar-refractivity contribution in [1.82, 2.24) is 0 Å². The first kappa shape index (κ1) is 23.9. The Morgan fingerprint density at radius 1 is 0.879 bits per heavy atom. The Hall–Kier alpha value is -3.72. The summed E-state index contributed by atoms with van der Waals surface area (Å²) in [5.41, 5.74) is 1.81. The van der Waals surface area contributed by atoms with E-state index in [0.29, 0.717) is 22.9 Å². The van der Waals surface area contributed by atoms with Crippen LogP contribution in [0.1, 0.15) is 12.5 Å². The van der Waals surface area contributed by atoms with Gasteiger partial charge in [-0.25, -0.2) is 8.42 Å². The topological polar surface area (TPSA) is 103 Å². The van der Waals surface area contributed by atoms with Crippen molar-refractivity contribution < 1.29 is 27.4 Å². The van der Waals surface area contributed by atoms with Gasteiger partial charge in [-0.2, -0.15) is 0 Å². The zero-order valence-electron chi connectivity index (χ0n) is 18.8. The molecule has 0 saturated carbocycles. The van der Waals surface area contributed by atoms with E-state index in [2.05, 4.69) is 10.0 Å². The van der Waals surface area contributed by atoms with Gasteiger partial charge in [0.1, 0.15) is 17.2 Å². The Labute approximate surface area is 193 Å². The molecule has 0 aliphatic rings. The molecule has 0 bridgehead atoms. The summed E-state index contributed by atoms with van der Waals surface area (Å²) in [4.78, 5) is 12.5. The van der Waals surface area contributed by atoms with Gasteiger partial charge in [-0.3, -0.25) is 9.52 Å². The first-order valence-electron chi connectivity index (χ1n) is 10.1. The molecule has 0 aliphatic carbocycles. The van der Waals surface area contributed by atoms with Crippen LogP contribution in [0.15, 0.2) is 71.6 Å². The number of anilines is 2. The third-order valence-electron chi connectivity index (χ3n) is 4.79. The van der Waals surface area contributed by atoms with Gasteiger partial charge in [0.2, 0.25) is 0 Å². The summed E-state index contributed by atoms with van der Waals surface area (Å²) in [7, 11) is -0.933. The van der Waals surface area contributed by atoms with Crippen LogP contribution < -0.4 is 24.2 Å². The van der Waals surface area contributed by atoms with E-state index in [4.69, 9.17) is 14.2 Å². The summed E-state index contributed by atoms with van der Waals surface area (Å²) in [6.45, 7) is 3.60. The van der Waals surface area contributed by atoms with Crippen LogP contribution in [-0.4, -0.2) is 34.6 Å². The van der Waals surface area contributed by atoms with Crippen molar-refractivity contribution in [1.29, 1.82) is 0 Å². The number of amides is 1. The second kappa shape index (κ2) is 10.3. The molecular formula is C24H26N2O6S. The minimum absolute atomic E-state index is 0.0299. The van der Waals surface area contributed by atoms with E-state index in [1.807, 2.05) is 19.1 Å². The maximum absolute atomic E-state index is 12.8. The minimum Gasteiger partial charge on any atom is -0.497 e. The molecule has 9 heteroatoms.